The molecule has 1 aromatic carbocycles. The standard InChI is InChI=1S/C21H25N3O2S/c1-16(20(25)24-10-4-7-17-6-2-3-8-18(17)24)22-11-13-23(14-12-22)21(26)19-9-5-15-27-19/h2-3,5-6,8-9,15-16H,4,7,10-14H2,1H3. The van der Waals surface area contributed by atoms with Crippen molar-refractivity contribution in [3.8, 4) is 0 Å². The van der Waals surface area contributed by atoms with Crippen LogP contribution in [0, 0.1) is 0 Å². The Morgan fingerprint density at radius 3 is 2.52 bits per heavy atom. The normalized spacial score (nSPS) is 18.9. The van der Waals surface area contributed by atoms with Gasteiger partial charge in [-0.15, -0.1) is 11.3 Å². The number of rotatable bonds is 3. The molecule has 5 nitrogen and oxygen atoms in total. The minimum absolute atomic E-state index is 0.105. The summed E-state index contributed by atoms with van der Waals surface area (Å²) in [5, 5.41) is 1.93. The Morgan fingerprint density at radius 2 is 1.78 bits per heavy atom. The molecule has 3 heterocycles. The van der Waals surface area contributed by atoms with Crippen LogP contribution in [0.5, 0.6) is 0 Å². The highest BCUT2D eigenvalue weighted by atomic mass is 32.1. The van der Waals surface area contributed by atoms with E-state index in [9.17, 15) is 9.59 Å². The van der Waals surface area contributed by atoms with Gasteiger partial charge in [0.15, 0.2) is 0 Å². The molecule has 0 N–H and O–H groups in total. The highest BCUT2D eigenvalue weighted by Gasteiger charge is 2.32. The Morgan fingerprint density at radius 1 is 1.00 bits per heavy atom. The predicted molar refractivity (Wildman–Crippen MR) is 108 cm³/mol. The third kappa shape index (κ3) is 3.64. The maximum Gasteiger partial charge on any atom is 0.264 e. The lowest BCUT2D eigenvalue weighted by molar-refractivity contribution is -0.123. The van der Waals surface area contributed by atoms with E-state index in [4.69, 9.17) is 0 Å². The van der Waals surface area contributed by atoms with Crippen molar-refractivity contribution in [2.75, 3.05) is 37.6 Å². The summed E-state index contributed by atoms with van der Waals surface area (Å²) in [5.74, 6) is 0.272. The first kappa shape index (κ1) is 18.2. The number of carbonyl (C=O) groups excluding carboxylic acids is 2. The highest BCUT2D eigenvalue weighted by Crippen LogP contribution is 2.28. The summed E-state index contributed by atoms with van der Waals surface area (Å²) < 4.78 is 0. The van der Waals surface area contributed by atoms with E-state index in [1.54, 1.807) is 0 Å². The Labute approximate surface area is 164 Å². The van der Waals surface area contributed by atoms with Gasteiger partial charge in [0, 0.05) is 38.4 Å². The average molecular weight is 384 g/mol. The van der Waals surface area contributed by atoms with Gasteiger partial charge in [-0.25, -0.2) is 0 Å². The molecule has 0 saturated carbocycles. The van der Waals surface area contributed by atoms with Crippen LogP contribution in [0.4, 0.5) is 5.69 Å². The number of benzene rings is 1. The van der Waals surface area contributed by atoms with Gasteiger partial charge in [-0.05, 0) is 42.8 Å². The molecule has 2 aromatic rings. The van der Waals surface area contributed by atoms with Crippen molar-refractivity contribution in [3.05, 3.63) is 52.2 Å². The van der Waals surface area contributed by atoms with Crippen LogP contribution in [0.3, 0.4) is 0 Å². The summed E-state index contributed by atoms with van der Waals surface area (Å²) in [7, 11) is 0. The molecule has 0 bridgehead atoms. The molecule has 2 aliphatic heterocycles. The fourth-order valence-corrected chi connectivity index (χ4v) is 4.70. The van der Waals surface area contributed by atoms with E-state index < -0.39 is 0 Å². The lowest BCUT2D eigenvalue weighted by atomic mass is 10.0. The Kier molecular flexibility index (Phi) is 5.27. The molecular weight excluding hydrogens is 358 g/mol. The van der Waals surface area contributed by atoms with Gasteiger partial charge in [0.1, 0.15) is 0 Å². The van der Waals surface area contributed by atoms with E-state index in [1.165, 1.54) is 16.9 Å². The Hall–Kier alpha value is -2.18. The van der Waals surface area contributed by atoms with Gasteiger partial charge in [-0.1, -0.05) is 24.3 Å². The fraction of sp³-hybridized carbons (Fsp3) is 0.429. The molecule has 6 heteroatoms. The third-order valence-electron chi connectivity index (χ3n) is 5.61. The summed E-state index contributed by atoms with van der Waals surface area (Å²) in [4.78, 5) is 32.5. The van der Waals surface area contributed by atoms with Crippen LogP contribution < -0.4 is 4.90 Å². The lowest BCUT2D eigenvalue weighted by Gasteiger charge is -2.39. The van der Waals surface area contributed by atoms with E-state index >= 15 is 0 Å². The second kappa shape index (κ2) is 7.82. The van der Waals surface area contributed by atoms with Crippen LogP contribution in [0.15, 0.2) is 41.8 Å². The minimum Gasteiger partial charge on any atom is -0.335 e. The van der Waals surface area contributed by atoms with Crippen molar-refractivity contribution < 1.29 is 9.59 Å². The number of thiophene rings is 1. The quantitative estimate of drug-likeness (QED) is 0.819. The zero-order valence-corrected chi connectivity index (χ0v) is 16.5. The topological polar surface area (TPSA) is 43.9 Å². The largest absolute Gasteiger partial charge is 0.335 e. The molecule has 2 amide bonds. The van der Waals surface area contributed by atoms with Crippen molar-refractivity contribution in [2.24, 2.45) is 0 Å². The SMILES string of the molecule is CC(C(=O)N1CCCc2ccccc21)N1CCN(C(=O)c2cccs2)CC1. The maximum atomic E-state index is 13.2. The van der Waals surface area contributed by atoms with Crippen LogP contribution in [0.1, 0.15) is 28.6 Å². The number of aryl methyl sites for hydroxylation is 1. The van der Waals surface area contributed by atoms with Crippen molar-refractivity contribution in [2.45, 2.75) is 25.8 Å². The number of nitrogens with zero attached hydrogens (tertiary/aromatic N) is 3. The van der Waals surface area contributed by atoms with E-state index in [2.05, 4.69) is 17.0 Å². The summed E-state index contributed by atoms with van der Waals surface area (Å²) in [6.07, 6.45) is 2.05. The maximum absolute atomic E-state index is 13.2. The van der Waals surface area contributed by atoms with Gasteiger partial charge >= 0.3 is 0 Å². The second-order valence-corrected chi connectivity index (χ2v) is 8.15. The van der Waals surface area contributed by atoms with Gasteiger partial charge in [0.25, 0.3) is 5.91 Å². The third-order valence-corrected chi connectivity index (χ3v) is 6.47. The molecule has 27 heavy (non-hydrogen) atoms. The van der Waals surface area contributed by atoms with E-state index in [0.717, 1.165) is 43.0 Å². The van der Waals surface area contributed by atoms with Gasteiger partial charge in [0.05, 0.1) is 10.9 Å². The van der Waals surface area contributed by atoms with E-state index in [1.807, 2.05) is 46.4 Å². The molecule has 0 radical (unpaired) electrons. The Balaban J connectivity index is 1.39. The van der Waals surface area contributed by atoms with Gasteiger partial charge in [0.2, 0.25) is 5.91 Å². The van der Waals surface area contributed by atoms with Crippen molar-refractivity contribution >= 4 is 28.8 Å². The van der Waals surface area contributed by atoms with Crippen molar-refractivity contribution in [3.63, 3.8) is 0 Å². The van der Waals surface area contributed by atoms with Gasteiger partial charge < -0.3 is 9.80 Å². The first-order valence-corrected chi connectivity index (χ1v) is 10.5. The summed E-state index contributed by atoms with van der Waals surface area (Å²) in [5.41, 5.74) is 2.32. The molecule has 0 spiro atoms. The van der Waals surface area contributed by atoms with Crippen LogP contribution in [-0.2, 0) is 11.2 Å². The summed E-state index contributed by atoms with van der Waals surface area (Å²) >= 11 is 1.48. The minimum atomic E-state index is -0.171. The average Bonchev–Trinajstić information content (AvgIpc) is 3.27. The molecule has 142 valence electrons. The van der Waals surface area contributed by atoms with E-state index in [-0.39, 0.29) is 17.9 Å². The number of amides is 2. The fourth-order valence-electron chi connectivity index (χ4n) is 4.01. The smallest absolute Gasteiger partial charge is 0.264 e. The summed E-state index contributed by atoms with van der Waals surface area (Å²) in [6, 6.07) is 11.8. The van der Waals surface area contributed by atoms with Crippen LogP contribution in [-0.4, -0.2) is 60.4 Å². The second-order valence-electron chi connectivity index (χ2n) is 7.20. The number of piperazine rings is 1. The van der Waals surface area contributed by atoms with Gasteiger partial charge in [-0.2, -0.15) is 0 Å². The molecule has 1 aromatic heterocycles. The van der Waals surface area contributed by atoms with Gasteiger partial charge in [-0.3, -0.25) is 14.5 Å². The molecule has 2 aliphatic rings. The Bertz CT molecular complexity index is 813. The molecule has 1 fully saturated rings. The first-order valence-electron chi connectivity index (χ1n) is 9.61. The van der Waals surface area contributed by atoms with E-state index in [0.29, 0.717) is 13.1 Å². The van der Waals surface area contributed by atoms with Crippen molar-refractivity contribution in [1.82, 2.24) is 9.80 Å². The number of carbonyl (C=O) groups is 2. The number of hydrogen-bond acceptors (Lipinski definition) is 4. The first-order chi connectivity index (χ1) is 13.1. The lowest BCUT2D eigenvalue weighted by Crippen LogP contribution is -2.56. The molecule has 0 aliphatic carbocycles. The van der Waals surface area contributed by atoms with Crippen LogP contribution in [0.2, 0.25) is 0 Å². The number of anilines is 1. The molecule has 1 saturated heterocycles. The zero-order valence-electron chi connectivity index (χ0n) is 15.6. The predicted octanol–water partition coefficient (Wildman–Crippen LogP) is 2.87. The number of hydrogen-bond donors (Lipinski definition) is 0. The van der Waals surface area contributed by atoms with Crippen LogP contribution >= 0.6 is 11.3 Å². The molecule has 1 unspecified atom stereocenters. The highest BCUT2D eigenvalue weighted by molar-refractivity contribution is 7.12. The molecule has 4 rings (SSSR count). The molecule has 1 atom stereocenters. The van der Waals surface area contributed by atoms with Crippen LogP contribution in [0.25, 0.3) is 0 Å². The number of fused-ring (bicyclic) bond motifs is 1. The number of para-hydroxylation sites is 1. The molecular formula is C21H25N3O2S. The van der Waals surface area contributed by atoms with Crippen molar-refractivity contribution in [1.29, 1.82) is 0 Å². The zero-order chi connectivity index (χ0) is 18.8. The summed E-state index contributed by atoms with van der Waals surface area (Å²) in [6.45, 7) is 5.60. The monoisotopic (exact) mass is 383 g/mol.